The summed E-state index contributed by atoms with van der Waals surface area (Å²) >= 11 is 0. The molecule has 1 fully saturated rings. The molecule has 0 spiro atoms. The zero-order valence-corrected chi connectivity index (χ0v) is 18.1. The van der Waals surface area contributed by atoms with Crippen LogP contribution in [0.25, 0.3) is 0 Å². The monoisotopic (exact) mass is 440 g/mol. The summed E-state index contributed by atoms with van der Waals surface area (Å²) in [6.45, 7) is 3.77. The third kappa shape index (κ3) is 7.18. The zero-order chi connectivity index (χ0) is 22.8. The summed E-state index contributed by atoms with van der Waals surface area (Å²) in [7, 11) is 0. The molecule has 0 unspecified atom stereocenters. The first-order chi connectivity index (χ1) is 15.5. The number of carbonyl (C=O) groups excluding carboxylic acids is 1. The number of hydrogen-bond donors (Lipinski definition) is 5. The molecule has 2 aromatic rings. The number of rotatable bonds is 9. The van der Waals surface area contributed by atoms with Crippen LogP contribution in [0.5, 0.6) is 0 Å². The molecule has 1 amide bonds. The minimum Gasteiger partial charge on any atom is -0.392 e. The van der Waals surface area contributed by atoms with Gasteiger partial charge in [-0.1, -0.05) is 24.8 Å². The van der Waals surface area contributed by atoms with Crippen LogP contribution < -0.4 is 21.3 Å². The molecule has 2 heterocycles. The summed E-state index contributed by atoms with van der Waals surface area (Å²) in [4.78, 5) is 20.8. The minimum absolute atomic E-state index is 0.0876. The second-order valence-electron chi connectivity index (χ2n) is 7.56. The largest absolute Gasteiger partial charge is 0.392 e. The van der Waals surface area contributed by atoms with Crippen molar-refractivity contribution >= 4 is 23.4 Å². The molecule has 0 saturated carbocycles. The lowest BCUT2D eigenvalue weighted by Gasteiger charge is -2.10. The Bertz CT molecular complexity index is 974. The maximum Gasteiger partial charge on any atom is 0.237 e. The quantitative estimate of drug-likeness (QED) is 0.300. The van der Waals surface area contributed by atoms with Gasteiger partial charge >= 0.3 is 0 Å². The van der Waals surface area contributed by atoms with Crippen LogP contribution in [0.2, 0.25) is 0 Å². The topological polar surface area (TPSA) is 111 Å². The molecule has 1 aromatic carbocycles. The van der Waals surface area contributed by atoms with Gasteiger partial charge in [-0.25, -0.2) is 9.37 Å². The van der Waals surface area contributed by atoms with Gasteiger partial charge in [-0.2, -0.15) is 4.98 Å². The highest BCUT2D eigenvalue weighted by atomic mass is 19.1. The van der Waals surface area contributed by atoms with Crippen molar-refractivity contribution in [2.45, 2.75) is 44.8 Å². The molecule has 32 heavy (non-hydrogen) atoms. The fraction of sp³-hybridized carbons (Fsp3) is 0.435. The van der Waals surface area contributed by atoms with Gasteiger partial charge in [-0.3, -0.25) is 4.79 Å². The molecular formula is C23H29FN6O2. The number of hydrogen-bond acceptors (Lipinski definition) is 7. The van der Waals surface area contributed by atoms with Crippen LogP contribution in [0.4, 0.5) is 21.8 Å². The van der Waals surface area contributed by atoms with E-state index in [1.54, 1.807) is 18.3 Å². The number of amides is 1. The maximum atomic E-state index is 13.4. The van der Waals surface area contributed by atoms with Gasteiger partial charge in [0.05, 0.1) is 23.9 Å². The van der Waals surface area contributed by atoms with Gasteiger partial charge in [0.25, 0.3) is 0 Å². The van der Waals surface area contributed by atoms with Crippen LogP contribution in [-0.2, 0) is 4.79 Å². The van der Waals surface area contributed by atoms with E-state index >= 15 is 0 Å². The molecule has 8 nitrogen and oxygen atoms in total. The van der Waals surface area contributed by atoms with Crippen LogP contribution >= 0.6 is 0 Å². The second kappa shape index (κ2) is 12.0. The van der Waals surface area contributed by atoms with Gasteiger partial charge in [-0.15, -0.1) is 0 Å². The van der Waals surface area contributed by atoms with Crippen molar-refractivity contribution in [1.82, 2.24) is 20.6 Å². The van der Waals surface area contributed by atoms with Crippen molar-refractivity contribution < 1.29 is 14.3 Å². The van der Waals surface area contributed by atoms with E-state index in [2.05, 4.69) is 50.0 Å². The Morgan fingerprint density at radius 1 is 1.38 bits per heavy atom. The van der Waals surface area contributed by atoms with Crippen LogP contribution in [0.1, 0.15) is 38.2 Å². The smallest absolute Gasteiger partial charge is 0.237 e. The summed E-state index contributed by atoms with van der Waals surface area (Å²) in [6.07, 6.45) is 3.88. The molecule has 1 aliphatic heterocycles. The number of aromatic nitrogens is 2. The maximum absolute atomic E-state index is 13.4. The number of nitrogens with zero attached hydrogens (tertiary/aromatic N) is 2. The first-order valence-corrected chi connectivity index (χ1v) is 10.9. The van der Waals surface area contributed by atoms with E-state index in [1.807, 2.05) is 0 Å². The Labute approximate surface area is 187 Å². The number of aliphatic hydroxyl groups is 1. The van der Waals surface area contributed by atoms with Crippen molar-refractivity contribution in [3.63, 3.8) is 0 Å². The molecule has 1 aliphatic rings. The second-order valence-corrected chi connectivity index (χ2v) is 7.56. The summed E-state index contributed by atoms with van der Waals surface area (Å²) < 4.78 is 13.4. The number of anilines is 3. The summed E-state index contributed by atoms with van der Waals surface area (Å²) in [5.74, 6) is 6.73. The highest BCUT2D eigenvalue weighted by Crippen LogP contribution is 2.18. The lowest BCUT2D eigenvalue weighted by Crippen LogP contribution is -2.40. The molecule has 0 bridgehead atoms. The molecule has 1 aromatic heterocycles. The highest BCUT2D eigenvalue weighted by molar-refractivity contribution is 5.82. The third-order valence-corrected chi connectivity index (χ3v) is 4.84. The van der Waals surface area contributed by atoms with Crippen LogP contribution in [-0.4, -0.2) is 52.8 Å². The first-order valence-electron chi connectivity index (χ1n) is 10.9. The number of β-amino-alcohol motifs (C(OH)–C–C–N with tert-alkyl or cyclic N) is 1. The Morgan fingerprint density at radius 3 is 3.00 bits per heavy atom. The average Bonchev–Trinajstić information content (AvgIpc) is 3.22. The van der Waals surface area contributed by atoms with Crippen LogP contribution in [0.3, 0.4) is 0 Å². The molecular weight excluding hydrogens is 411 g/mol. The molecule has 2 atom stereocenters. The Balaban J connectivity index is 1.53. The fourth-order valence-electron chi connectivity index (χ4n) is 3.19. The van der Waals surface area contributed by atoms with Crippen molar-refractivity contribution in [2.24, 2.45) is 0 Å². The Kier molecular flexibility index (Phi) is 8.78. The molecule has 170 valence electrons. The van der Waals surface area contributed by atoms with Crippen molar-refractivity contribution in [3.8, 4) is 11.8 Å². The standard InChI is InChI=1S/C23H29FN6O2/c1-2-10-25-21-16(14-28-23(30-21)29-18-9-6-8-17(24)12-18)7-4-3-5-11-26-22(32)20-13-19(31)15-27-20/h6,8-9,12,14,19-20,27,31H,2-3,5,10-11,13,15H2,1H3,(H,26,32)(H2,25,28,29,30)/t19-,20-/m0/s1. The lowest BCUT2D eigenvalue weighted by atomic mass is 10.2. The fourth-order valence-corrected chi connectivity index (χ4v) is 3.19. The third-order valence-electron chi connectivity index (χ3n) is 4.84. The minimum atomic E-state index is -0.454. The van der Waals surface area contributed by atoms with Crippen molar-refractivity contribution in [3.05, 3.63) is 41.8 Å². The summed E-state index contributed by atoms with van der Waals surface area (Å²) in [5, 5.41) is 21.6. The summed E-state index contributed by atoms with van der Waals surface area (Å²) in [6, 6.07) is 5.78. The van der Waals surface area contributed by atoms with Crippen LogP contribution in [0, 0.1) is 17.7 Å². The van der Waals surface area contributed by atoms with Gasteiger partial charge in [0.1, 0.15) is 11.6 Å². The number of aliphatic hydroxyl groups excluding tert-OH is 1. The van der Waals surface area contributed by atoms with Gasteiger partial charge in [0.2, 0.25) is 11.9 Å². The number of carbonyl (C=O) groups is 1. The molecule has 3 rings (SSSR count). The number of unbranched alkanes of at least 4 members (excludes halogenated alkanes) is 1. The Hall–Kier alpha value is -3.22. The lowest BCUT2D eigenvalue weighted by molar-refractivity contribution is -0.122. The van der Waals surface area contributed by atoms with Gasteiger partial charge in [-0.05, 0) is 37.5 Å². The van der Waals surface area contributed by atoms with E-state index in [0.29, 0.717) is 55.4 Å². The highest BCUT2D eigenvalue weighted by Gasteiger charge is 2.27. The van der Waals surface area contributed by atoms with E-state index in [9.17, 15) is 14.3 Å². The normalized spacial score (nSPS) is 17.3. The molecule has 0 radical (unpaired) electrons. The Morgan fingerprint density at radius 2 is 2.25 bits per heavy atom. The van der Waals surface area contributed by atoms with E-state index in [1.165, 1.54) is 12.1 Å². The van der Waals surface area contributed by atoms with Gasteiger partial charge in [0, 0.05) is 31.7 Å². The average molecular weight is 441 g/mol. The number of benzene rings is 1. The van der Waals surface area contributed by atoms with E-state index < -0.39 is 6.10 Å². The van der Waals surface area contributed by atoms with Crippen LogP contribution in [0.15, 0.2) is 30.5 Å². The molecule has 5 N–H and O–H groups in total. The van der Waals surface area contributed by atoms with E-state index in [0.717, 1.165) is 13.0 Å². The number of nitrogens with one attached hydrogen (secondary N) is 4. The van der Waals surface area contributed by atoms with Crippen molar-refractivity contribution in [1.29, 1.82) is 0 Å². The van der Waals surface area contributed by atoms with Gasteiger partial charge in [0.15, 0.2) is 0 Å². The van der Waals surface area contributed by atoms with Crippen molar-refractivity contribution in [2.75, 3.05) is 30.3 Å². The SMILES string of the molecule is CCCNc1nc(Nc2cccc(F)c2)ncc1C#CCCCNC(=O)[C@@H]1C[C@H](O)CN1. The molecule has 1 saturated heterocycles. The first kappa shape index (κ1) is 23.4. The zero-order valence-electron chi connectivity index (χ0n) is 18.1. The predicted octanol–water partition coefficient (Wildman–Crippen LogP) is 2.15. The number of halogens is 1. The summed E-state index contributed by atoms with van der Waals surface area (Å²) in [5.41, 5.74) is 1.24. The molecule has 0 aliphatic carbocycles. The predicted molar refractivity (Wildman–Crippen MR) is 122 cm³/mol. The van der Waals surface area contributed by atoms with Gasteiger partial charge < -0.3 is 26.4 Å². The van der Waals surface area contributed by atoms with E-state index in [-0.39, 0.29) is 17.8 Å². The molecule has 9 heteroatoms. The van der Waals surface area contributed by atoms with E-state index in [4.69, 9.17) is 0 Å².